The predicted octanol–water partition coefficient (Wildman–Crippen LogP) is 5.09. The second-order valence-corrected chi connectivity index (χ2v) is 9.85. The molecule has 3 aliphatic rings. The zero-order valence-electron chi connectivity index (χ0n) is 17.3. The summed E-state index contributed by atoms with van der Waals surface area (Å²) >= 11 is 0. The number of hydrogen-bond donors (Lipinski definition) is 0. The summed E-state index contributed by atoms with van der Waals surface area (Å²) in [4.78, 5) is 0. The van der Waals surface area contributed by atoms with Gasteiger partial charge in [-0.3, -0.25) is 0 Å². The molecule has 1 unspecified atom stereocenters. The minimum atomic E-state index is -5.78. The lowest BCUT2D eigenvalue weighted by Gasteiger charge is -2.40. The topological polar surface area (TPSA) is 61.8 Å². The van der Waals surface area contributed by atoms with Crippen LogP contribution in [0.4, 0.5) is 13.2 Å². The monoisotopic (exact) mass is 458 g/mol. The Kier molecular flexibility index (Phi) is 5.74. The summed E-state index contributed by atoms with van der Waals surface area (Å²) in [6.45, 7) is 0. The molecule has 0 spiro atoms. The summed E-state index contributed by atoms with van der Waals surface area (Å²) in [6, 6.07) is 3.06. The molecule has 3 aliphatic carbocycles. The van der Waals surface area contributed by atoms with Crippen molar-refractivity contribution in [1.29, 1.82) is 0 Å². The number of benzene rings is 1. The first kappa shape index (κ1) is 22.0. The van der Waals surface area contributed by atoms with Crippen LogP contribution in [-0.2, 0) is 21.3 Å². The van der Waals surface area contributed by atoms with Gasteiger partial charge in [0.2, 0.25) is 0 Å². The lowest BCUT2D eigenvalue weighted by Crippen LogP contribution is -2.33. The number of fused-ring (bicyclic) bond motifs is 3. The van der Waals surface area contributed by atoms with Crippen LogP contribution in [0, 0.1) is 17.8 Å². The molecule has 0 aromatic heterocycles. The van der Waals surface area contributed by atoms with E-state index < -0.39 is 15.6 Å². The van der Waals surface area contributed by atoms with E-state index in [0.717, 1.165) is 37.0 Å². The molecule has 170 valence electrons. The fourth-order valence-electron chi connectivity index (χ4n) is 5.38. The van der Waals surface area contributed by atoms with E-state index in [2.05, 4.69) is 10.3 Å². The normalized spacial score (nSPS) is 27.8. The van der Waals surface area contributed by atoms with Crippen LogP contribution in [0.2, 0.25) is 0 Å². The van der Waals surface area contributed by atoms with Gasteiger partial charge in [-0.05, 0) is 78.7 Å². The van der Waals surface area contributed by atoms with Gasteiger partial charge in [0.1, 0.15) is 17.3 Å². The summed E-state index contributed by atoms with van der Waals surface area (Å²) in [7, 11) is -2.77. The van der Waals surface area contributed by atoms with E-state index in [-0.39, 0.29) is 23.5 Å². The van der Waals surface area contributed by atoms with E-state index in [4.69, 9.17) is 9.47 Å². The van der Waals surface area contributed by atoms with Gasteiger partial charge in [0, 0.05) is 6.07 Å². The molecule has 0 bridgehead atoms. The Hall–Kier alpha value is -2.16. The molecular formula is C22H25F3O5S. The molecule has 0 aliphatic heterocycles. The first-order valence-electron chi connectivity index (χ1n) is 10.3. The van der Waals surface area contributed by atoms with Crippen LogP contribution in [0.3, 0.4) is 0 Å². The van der Waals surface area contributed by atoms with Gasteiger partial charge < -0.3 is 13.7 Å². The van der Waals surface area contributed by atoms with Crippen LogP contribution in [0.15, 0.2) is 36.1 Å². The Morgan fingerprint density at radius 2 is 1.84 bits per heavy atom. The van der Waals surface area contributed by atoms with Crippen LogP contribution in [0.5, 0.6) is 11.5 Å². The highest BCUT2D eigenvalue weighted by Crippen LogP contribution is 2.55. The van der Waals surface area contributed by atoms with E-state index in [1.807, 2.05) is 18.2 Å². The molecule has 1 fully saturated rings. The molecule has 0 amide bonds. The maximum absolute atomic E-state index is 13.0. The van der Waals surface area contributed by atoms with Gasteiger partial charge >= 0.3 is 15.6 Å². The van der Waals surface area contributed by atoms with Gasteiger partial charge in [-0.15, -0.1) is 0 Å². The van der Waals surface area contributed by atoms with Gasteiger partial charge in [-0.25, -0.2) is 0 Å². The average Bonchev–Trinajstić information content (AvgIpc) is 3.22. The SMILES string of the molecule is COC1=CCC([C@@H]2Cc3c(OS(=O)(=O)C(F)(F)F)cc(OC)cc3[C@@H]3CCC[C@@H]32)C=C1. The first-order chi connectivity index (χ1) is 14.6. The van der Waals surface area contributed by atoms with Crippen molar-refractivity contribution in [3.05, 3.63) is 47.2 Å². The second kappa shape index (κ2) is 8.07. The Bertz CT molecular complexity index is 1010. The van der Waals surface area contributed by atoms with Crippen molar-refractivity contribution in [3.63, 3.8) is 0 Å². The maximum atomic E-state index is 13.0. The number of alkyl halides is 3. The molecule has 1 saturated carbocycles. The molecule has 31 heavy (non-hydrogen) atoms. The summed E-state index contributed by atoms with van der Waals surface area (Å²) < 4.78 is 77.7. The lowest BCUT2D eigenvalue weighted by molar-refractivity contribution is -0.0500. The fourth-order valence-corrected chi connectivity index (χ4v) is 5.86. The minimum Gasteiger partial charge on any atom is -0.497 e. The van der Waals surface area contributed by atoms with E-state index in [0.29, 0.717) is 23.7 Å². The van der Waals surface area contributed by atoms with Gasteiger partial charge in [0.15, 0.2) is 0 Å². The zero-order valence-corrected chi connectivity index (χ0v) is 18.1. The molecule has 0 radical (unpaired) electrons. The molecule has 1 aromatic carbocycles. The third-order valence-electron chi connectivity index (χ3n) is 6.78. The maximum Gasteiger partial charge on any atom is 0.534 e. The van der Waals surface area contributed by atoms with Crippen molar-refractivity contribution in [2.75, 3.05) is 14.2 Å². The van der Waals surface area contributed by atoms with Crippen LogP contribution in [0.1, 0.15) is 42.7 Å². The fraction of sp³-hybridized carbons (Fsp3) is 0.545. The van der Waals surface area contributed by atoms with Crippen molar-refractivity contribution in [2.45, 2.75) is 43.5 Å². The smallest absolute Gasteiger partial charge is 0.497 e. The number of methoxy groups -OCH3 is 2. The number of rotatable bonds is 5. The molecule has 0 saturated heterocycles. The van der Waals surface area contributed by atoms with Crippen molar-refractivity contribution in [2.24, 2.45) is 17.8 Å². The van der Waals surface area contributed by atoms with Crippen LogP contribution < -0.4 is 8.92 Å². The van der Waals surface area contributed by atoms with E-state index >= 15 is 0 Å². The third kappa shape index (κ3) is 4.04. The second-order valence-electron chi connectivity index (χ2n) is 8.32. The predicted molar refractivity (Wildman–Crippen MR) is 108 cm³/mol. The average molecular weight is 458 g/mol. The molecule has 4 atom stereocenters. The molecule has 4 rings (SSSR count). The Morgan fingerprint density at radius 3 is 2.45 bits per heavy atom. The third-order valence-corrected chi connectivity index (χ3v) is 7.74. The van der Waals surface area contributed by atoms with Crippen LogP contribution >= 0.6 is 0 Å². The molecule has 0 N–H and O–H groups in total. The van der Waals surface area contributed by atoms with Crippen LogP contribution in [0.25, 0.3) is 0 Å². The molecule has 0 heterocycles. The molecule has 9 heteroatoms. The number of hydrogen-bond acceptors (Lipinski definition) is 5. The molecule has 1 aromatic rings. The van der Waals surface area contributed by atoms with Gasteiger partial charge in [-0.2, -0.15) is 21.6 Å². The lowest BCUT2D eigenvalue weighted by atomic mass is 9.65. The summed E-state index contributed by atoms with van der Waals surface area (Å²) in [6.07, 6.45) is 10.2. The highest BCUT2D eigenvalue weighted by molar-refractivity contribution is 7.88. The Balaban J connectivity index is 1.75. The van der Waals surface area contributed by atoms with Gasteiger partial charge in [0.25, 0.3) is 0 Å². The van der Waals surface area contributed by atoms with Gasteiger partial charge in [-0.1, -0.05) is 12.5 Å². The van der Waals surface area contributed by atoms with Crippen molar-refractivity contribution in [1.82, 2.24) is 0 Å². The van der Waals surface area contributed by atoms with Gasteiger partial charge in [0.05, 0.1) is 14.2 Å². The minimum absolute atomic E-state index is 0.140. The molecule has 5 nitrogen and oxygen atoms in total. The quantitative estimate of drug-likeness (QED) is 0.455. The largest absolute Gasteiger partial charge is 0.534 e. The standard InChI is InChI=1S/C22H25F3O5S/c1-28-14-8-6-13(7-9-14)18-12-20-19(17-5-3-4-16(17)18)10-15(29-2)11-21(20)30-31(26,27)22(23,24)25/h6,8-11,13,16-18H,3-5,7,12H2,1-2H3/t13?,16-,17+,18-/m0/s1. The summed E-state index contributed by atoms with van der Waals surface area (Å²) in [5.41, 5.74) is -4.12. The summed E-state index contributed by atoms with van der Waals surface area (Å²) in [5, 5.41) is 0. The summed E-state index contributed by atoms with van der Waals surface area (Å²) in [5.74, 6) is 1.69. The number of allylic oxidation sites excluding steroid dienone is 3. The number of ether oxygens (including phenoxy) is 2. The van der Waals surface area contributed by atoms with Crippen LogP contribution in [-0.4, -0.2) is 28.1 Å². The molecular weight excluding hydrogens is 433 g/mol. The Morgan fingerprint density at radius 1 is 1.06 bits per heavy atom. The number of halogens is 3. The zero-order chi connectivity index (χ0) is 22.4. The highest BCUT2D eigenvalue weighted by atomic mass is 32.2. The van der Waals surface area contributed by atoms with E-state index in [9.17, 15) is 21.6 Å². The first-order valence-corrected chi connectivity index (χ1v) is 11.7. The van der Waals surface area contributed by atoms with Crippen molar-refractivity contribution in [3.8, 4) is 11.5 Å². The van der Waals surface area contributed by atoms with E-state index in [1.165, 1.54) is 13.2 Å². The van der Waals surface area contributed by atoms with E-state index in [1.54, 1.807) is 7.11 Å². The van der Waals surface area contributed by atoms with Crippen molar-refractivity contribution < 1.29 is 35.2 Å². The van der Waals surface area contributed by atoms with Crippen molar-refractivity contribution >= 4 is 10.1 Å². The Labute approximate surface area is 180 Å². The highest BCUT2D eigenvalue weighted by Gasteiger charge is 2.50.